The number of esters is 3. The molecule has 0 aliphatic carbocycles. The molecule has 0 radical (unpaired) electrons. The predicted octanol–water partition coefficient (Wildman–Crippen LogP) is 23.6. The molecule has 0 aliphatic rings. The van der Waals surface area contributed by atoms with E-state index in [0.717, 1.165) is 135 Å². The summed E-state index contributed by atoms with van der Waals surface area (Å²) in [4.78, 5) is 38.2. The van der Waals surface area contributed by atoms with E-state index in [2.05, 4.69) is 142 Å². The predicted molar refractivity (Wildman–Crippen MR) is 353 cm³/mol. The Morgan fingerprint density at radius 3 is 0.815 bits per heavy atom. The second-order valence-corrected chi connectivity index (χ2v) is 22.4. The van der Waals surface area contributed by atoms with Crippen molar-refractivity contribution >= 4 is 17.9 Å². The van der Waals surface area contributed by atoms with Crippen molar-refractivity contribution in [1.82, 2.24) is 0 Å². The first-order valence-corrected chi connectivity index (χ1v) is 34.0. The molecule has 0 rings (SSSR count). The molecular formula is C75H126O6. The molecule has 0 aromatic heterocycles. The standard InChI is InChI=1S/C75H126O6/c1-4-7-10-13-16-19-22-24-26-28-30-31-32-33-34-35-36-37-38-39-40-41-42-43-44-45-46-48-49-51-53-56-59-62-65-68-74(77)80-71-72(70-79-73(76)67-64-61-58-55-21-18-15-12-9-6-3)81-75(78)69-66-63-60-57-54-52-50-47-29-27-25-23-20-17-14-11-8-5-2/h7,10,12,15-16,19,24,26,30-31,33-34,36-37,39-40,42-43,45-46,72H,4-6,8-9,11,13-14,17-18,20-23,25,27-29,32,35,38,41,44,47-71H2,1-3H3/b10-7-,15-12-,19-16-,26-24-,31-30-,34-33-,37-36-,40-39-,43-42-,46-45-. The van der Waals surface area contributed by atoms with E-state index in [0.29, 0.717) is 19.3 Å². The van der Waals surface area contributed by atoms with Gasteiger partial charge in [-0.25, -0.2) is 0 Å². The van der Waals surface area contributed by atoms with Crippen LogP contribution >= 0.6 is 0 Å². The summed E-state index contributed by atoms with van der Waals surface area (Å²) in [7, 11) is 0. The third-order valence-electron chi connectivity index (χ3n) is 14.4. The van der Waals surface area contributed by atoms with Crippen molar-refractivity contribution in [3.05, 3.63) is 122 Å². The van der Waals surface area contributed by atoms with Gasteiger partial charge in [-0.1, -0.05) is 309 Å². The summed E-state index contributed by atoms with van der Waals surface area (Å²) >= 11 is 0. The smallest absolute Gasteiger partial charge is 0.306 e. The van der Waals surface area contributed by atoms with Crippen LogP contribution in [-0.4, -0.2) is 37.2 Å². The van der Waals surface area contributed by atoms with E-state index in [4.69, 9.17) is 14.2 Å². The Hall–Kier alpha value is -4.19. The van der Waals surface area contributed by atoms with Crippen LogP contribution in [0.4, 0.5) is 0 Å². The minimum absolute atomic E-state index is 0.0843. The van der Waals surface area contributed by atoms with E-state index in [1.54, 1.807) is 0 Å². The third-order valence-corrected chi connectivity index (χ3v) is 14.4. The van der Waals surface area contributed by atoms with Crippen LogP contribution in [-0.2, 0) is 28.6 Å². The van der Waals surface area contributed by atoms with E-state index in [1.165, 1.54) is 141 Å². The lowest BCUT2D eigenvalue weighted by Crippen LogP contribution is -2.30. The van der Waals surface area contributed by atoms with Crippen molar-refractivity contribution in [2.24, 2.45) is 0 Å². The Morgan fingerprint density at radius 1 is 0.259 bits per heavy atom. The van der Waals surface area contributed by atoms with Gasteiger partial charge in [0.1, 0.15) is 13.2 Å². The average Bonchev–Trinajstić information content (AvgIpc) is 3.47. The molecule has 462 valence electrons. The normalized spacial score (nSPS) is 12.9. The Labute approximate surface area is 501 Å². The Bertz CT molecular complexity index is 1670. The summed E-state index contributed by atoms with van der Waals surface area (Å²) in [5.41, 5.74) is 0. The lowest BCUT2D eigenvalue weighted by Gasteiger charge is -2.18. The van der Waals surface area contributed by atoms with Crippen LogP contribution in [0.2, 0.25) is 0 Å². The summed E-state index contributed by atoms with van der Waals surface area (Å²) in [6, 6.07) is 0. The maximum atomic E-state index is 12.9. The van der Waals surface area contributed by atoms with E-state index in [9.17, 15) is 14.4 Å². The second kappa shape index (κ2) is 68.3. The number of carbonyl (C=O) groups excluding carboxylic acids is 3. The number of rotatable bonds is 61. The lowest BCUT2D eigenvalue weighted by atomic mass is 10.0. The van der Waals surface area contributed by atoms with Gasteiger partial charge < -0.3 is 14.2 Å². The number of ether oxygens (including phenoxy) is 3. The zero-order valence-electron chi connectivity index (χ0n) is 53.0. The second-order valence-electron chi connectivity index (χ2n) is 22.4. The van der Waals surface area contributed by atoms with Gasteiger partial charge in [-0.05, 0) is 109 Å². The van der Waals surface area contributed by atoms with Gasteiger partial charge in [0.2, 0.25) is 0 Å². The van der Waals surface area contributed by atoms with E-state index in [1.807, 2.05) is 0 Å². The molecule has 0 fully saturated rings. The molecule has 0 aliphatic heterocycles. The molecule has 6 nitrogen and oxygen atoms in total. The molecule has 81 heavy (non-hydrogen) atoms. The molecule has 0 aromatic rings. The van der Waals surface area contributed by atoms with Gasteiger partial charge in [-0.2, -0.15) is 0 Å². The highest BCUT2D eigenvalue weighted by molar-refractivity contribution is 5.71. The lowest BCUT2D eigenvalue weighted by molar-refractivity contribution is -0.167. The number of carbonyl (C=O) groups is 3. The van der Waals surface area contributed by atoms with Gasteiger partial charge >= 0.3 is 17.9 Å². The minimum Gasteiger partial charge on any atom is -0.462 e. The molecule has 0 amide bonds. The van der Waals surface area contributed by atoms with Gasteiger partial charge in [0.05, 0.1) is 0 Å². The highest BCUT2D eigenvalue weighted by atomic mass is 16.6. The van der Waals surface area contributed by atoms with Crippen molar-refractivity contribution in [2.45, 2.75) is 322 Å². The zero-order chi connectivity index (χ0) is 58.5. The Kier molecular flexibility index (Phi) is 64.8. The molecule has 1 unspecified atom stereocenters. The van der Waals surface area contributed by atoms with Crippen LogP contribution in [0.1, 0.15) is 316 Å². The fourth-order valence-electron chi connectivity index (χ4n) is 9.38. The molecule has 6 heteroatoms. The monoisotopic (exact) mass is 1120 g/mol. The van der Waals surface area contributed by atoms with Gasteiger partial charge in [0.25, 0.3) is 0 Å². The first-order valence-electron chi connectivity index (χ1n) is 34.0. The summed E-state index contributed by atoms with van der Waals surface area (Å²) in [6.07, 6.45) is 95.1. The Morgan fingerprint density at radius 2 is 0.506 bits per heavy atom. The molecule has 0 aromatic carbocycles. The first kappa shape index (κ1) is 76.8. The molecule has 0 saturated carbocycles. The average molecular weight is 1120 g/mol. The highest BCUT2D eigenvalue weighted by Crippen LogP contribution is 2.17. The van der Waals surface area contributed by atoms with E-state index < -0.39 is 6.10 Å². The van der Waals surface area contributed by atoms with Gasteiger partial charge in [-0.15, -0.1) is 0 Å². The fourth-order valence-corrected chi connectivity index (χ4v) is 9.38. The summed E-state index contributed by atoms with van der Waals surface area (Å²) < 4.78 is 16.9. The maximum Gasteiger partial charge on any atom is 0.306 e. The SMILES string of the molecule is CC/C=C\C/C=C\C/C=C\C/C=C\C/C=C\C/C=C\C/C=C\C/C=C\C/C=C\CCCCCCCCCC(=O)OCC(COC(=O)CCCCCCC/C=C\CCC)OC(=O)CCCCCCCCCCCCCCCCCCCC. The highest BCUT2D eigenvalue weighted by Gasteiger charge is 2.19. The van der Waals surface area contributed by atoms with Crippen LogP contribution < -0.4 is 0 Å². The zero-order valence-corrected chi connectivity index (χ0v) is 53.0. The van der Waals surface area contributed by atoms with Crippen molar-refractivity contribution in [1.29, 1.82) is 0 Å². The van der Waals surface area contributed by atoms with Gasteiger partial charge in [-0.3, -0.25) is 14.4 Å². The summed E-state index contributed by atoms with van der Waals surface area (Å²) in [5.74, 6) is -0.896. The summed E-state index contributed by atoms with van der Waals surface area (Å²) in [5, 5.41) is 0. The molecule has 1 atom stereocenters. The largest absolute Gasteiger partial charge is 0.462 e. The molecule has 0 bridgehead atoms. The van der Waals surface area contributed by atoms with Crippen molar-refractivity contribution in [2.75, 3.05) is 13.2 Å². The van der Waals surface area contributed by atoms with E-state index in [-0.39, 0.29) is 31.1 Å². The molecular weight excluding hydrogens is 997 g/mol. The number of unbranched alkanes of at least 4 members (excludes halogenated alkanes) is 30. The van der Waals surface area contributed by atoms with Crippen molar-refractivity contribution < 1.29 is 28.6 Å². The maximum absolute atomic E-state index is 12.9. The Balaban J connectivity index is 4.21. The summed E-state index contributed by atoms with van der Waals surface area (Å²) in [6.45, 7) is 6.47. The molecule has 0 saturated heterocycles. The van der Waals surface area contributed by atoms with Crippen LogP contribution in [0.3, 0.4) is 0 Å². The topological polar surface area (TPSA) is 78.9 Å². The van der Waals surface area contributed by atoms with Gasteiger partial charge in [0, 0.05) is 19.3 Å². The number of hydrogen-bond acceptors (Lipinski definition) is 6. The van der Waals surface area contributed by atoms with E-state index >= 15 is 0 Å². The fraction of sp³-hybridized carbons (Fsp3) is 0.693. The first-order chi connectivity index (χ1) is 40.0. The third kappa shape index (κ3) is 66.5. The quantitative estimate of drug-likeness (QED) is 0.0261. The van der Waals surface area contributed by atoms with Crippen molar-refractivity contribution in [3.63, 3.8) is 0 Å². The number of hydrogen-bond donors (Lipinski definition) is 0. The van der Waals surface area contributed by atoms with Crippen LogP contribution in [0, 0.1) is 0 Å². The van der Waals surface area contributed by atoms with Crippen LogP contribution in [0.25, 0.3) is 0 Å². The van der Waals surface area contributed by atoms with Crippen molar-refractivity contribution in [3.8, 4) is 0 Å². The minimum atomic E-state index is -0.786. The van der Waals surface area contributed by atoms with Gasteiger partial charge in [0.15, 0.2) is 6.10 Å². The molecule has 0 N–H and O–H groups in total. The number of allylic oxidation sites excluding steroid dienone is 20. The van der Waals surface area contributed by atoms with Crippen LogP contribution in [0.5, 0.6) is 0 Å². The molecule has 0 heterocycles. The molecule has 0 spiro atoms. The van der Waals surface area contributed by atoms with Crippen LogP contribution in [0.15, 0.2) is 122 Å².